The summed E-state index contributed by atoms with van der Waals surface area (Å²) in [6.45, 7) is 0. The molecule has 0 aliphatic rings. The second kappa shape index (κ2) is 3.70. The maximum atomic E-state index is 10.3. The Morgan fingerprint density at radius 2 is 2.00 bits per heavy atom. The monoisotopic (exact) mass is 170 g/mol. The van der Waals surface area contributed by atoms with E-state index in [0.29, 0.717) is 6.29 Å². The van der Waals surface area contributed by atoms with E-state index in [1.54, 1.807) is 0 Å². The van der Waals surface area contributed by atoms with E-state index >= 15 is 0 Å². The summed E-state index contributed by atoms with van der Waals surface area (Å²) in [5.41, 5.74) is 0.165. The van der Waals surface area contributed by atoms with Gasteiger partial charge in [0, 0.05) is 6.07 Å². The smallest absolute Gasteiger partial charge is 0.179 e. The van der Waals surface area contributed by atoms with E-state index in [0.717, 1.165) is 0 Å². The molecule has 0 spiro atoms. The predicted molar refractivity (Wildman–Crippen MR) is 38.3 cm³/mol. The lowest BCUT2D eigenvalue weighted by Gasteiger charge is -2.01. The molecular formula is C7H6O5. The van der Waals surface area contributed by atoms with Crippen LogP contribution in [0.5, 0.6) is 11.5 Å². The van der Waals surface area contributed by atoms with Gasteiger partial charge >= 0.3 is 0 Å². The summed E-state index contributed by atoms with van der Waals surface area (Å²) < 4.78 is 0. The second-order valence-corrected chi connectivity index (χ2v) is 2.00. The molecule has 0 unspecified atom stereocenters. The van der Waals surface area contributed by atoms with Gasteiger partial charge in [-0.3, -0.25) is 4.79 Å². The highest BCUT2D eigenvalue weighted by molar-refractivity contribution is 5.79. The molecule has 0 radical (unpaired) electrons. The molecule has 64 valence electrons. The largest absolute Gasteiger partial charge is 0.340 e. The number of hydrogen-bond acceptors (Lipinski definition) is 5. The highest BCUT2D eigenvalue weighted by Crippen LogP contribution is 2.22. The third-order valence-electron chi connectivity index (χ3n) is 1.32. The Morgan fingerprint density at radius 3 is 2.50 bits per heavy atom. The van der Waals surface area contributed by atoms with Gasteiger partial charge in [-0.05, 0) is 12.1 Å². The highest BCUT2D eigenvalue weighted by Gasteiger charge is 2.04. The molecule has 0 aliphatic carbocycles. The molecule has 0 bridgehead atoms. The second-order valence-electron chi connectivity index (χ2n) is 2.00. The van der Waals surface area contributed by atoms with Crippen LogP contribution in [0.3, 0.4) is 0 Å². The topological polar surface area (TPSA) is 76.0 Å². The van der Waals surface area contributed by atoms with Crippen molar-refractivity contribution >= 4 is 6.29 Å². The van der Waals surface area contributed by atoms with Crippen molar-refractivity contribution < 1.29 is 25.1 Å². The average Bonchev–Trinajstić information content (AvgIpc) is 2.16. The maximum absolute atomic E-state index is 10.3. The van der Waals surface area contributed by atoms with Crippen LogP contribution >= 0.6 is 0 Å². The van der Waals surface area contributed by atoms with Gasteiger partial charge in [-0.1, -0.05) is 0 Å². The summed E-state index contributed by atoms with van der Waals surface area (Å²) in [6, 6.07) is 3.86. The van der Waals surface area contributed by atoms with E-state index in [4.69, 9.17) is 10.5 Å². The number of carbonyl (C=O) groups is 1. The minimum Gasteiger partial charge on any atom is -0.340 e. The van der Waals surface area contributed by atoms with E-state index in [9.17, 15) is 4.79 Å². The third kappa shape index (κ3) is 1.52. The Morgan fingerprint density at radius 1 is 1.25 bits per heavy atom. The van der Waals surface area contributed by atoms with Gasteiger partial charge in [0.15, 0.2) is 17.8 Å². The van der Waals surface area contributed by atoms with Crippen LogP contribution in [0.15, 0.2) is 18.2 Å². The number of aldehydes is 1. The molecular weight excluding hydrogens is 164 g/mol. The van der Waals surface area contributed by atoms with Gasteiger partial charge in [0.25, 0.3) is 0 Å². The van der Waals surface area contributed by atoms with E-state index in [-0.39, 0.29) is 17.1 Å². The maximum Gasteiger partial charge on any atom is 0.179 e. The molecule has 0 aliphatic heterocycles. The van der Waals surface area contributed by atoms with E-state index in [1.807, 2.05) is 0 Å². The van der Waals surface area contributed by atoms with Crippen molar-refractivity contribution in [3.8, 4) is 11.5 Å². The average molecular weight is 170 g/mol. The normalized spacial score (nSPS) is 9.17. The summed E-state index contributed by atoms with van der Waals surface area (Å²) in [4.78, 5) is 18.0. The molecule has 0 saturated carbocycles. The Balaban J connectivity index is 3.10. The summed E-state index contributed by atoms with van der Waals surface area (Å²) in [7, 11) is 0. The summed E-state index contributed by atoms with van der Waals surface area (Å²) in [6.07, 6.45) is 0.507. The Hall–Kier alpha value is -1.59. The first-order chi connectivity index (χ1) is 5.81. The van der Waals surface area contributed by atoms with Crippen molar-refractivity contribution in [2.75, 3.05) is 0 Å². The predicted octanol–water partition coefficient (Wildman–Crippen LogP) is 1.20. The van der Waals surface area contributed by atoms with E-state index < -0.39 is 0 Å². The first-order valence-corrected chi connectivity index (χ1v) is 3.04. The van der Waals surface area contributed by atoms with Crippen LogP contribution in [0.4, 0.5) is 0 Å². The first kappa shape index (κ1) is 8.51. The molecule has 0 saturated heterocycles. The molecule has 2 N–H and O–H groups in total. The Kier molecular flexibility index (Phi) is 2.62. The fraction of sp³-hybridized carbons (Fsp3) is 0. The minimum atomic E-state index is -0.0726. The van der Waals surface area contributed by atoms with Gasteiger partial charge in [0.05, 0.1) is 5.56 Å². The first-order valence-electron chi connectivity index (χ1n) is 3.04. The minimum absolute atomic E-state index is 0.0726. The van der Waals surface area contributed by atoms with Crippen molar-refractivity contribution in [1.29, 1.82) is 0 Å². The number of carbonyl (C=O) groups excluding carboxylic acids is 1. The summed E-state index contributed by atoms with van der Waals surface area (Å²) in [5, 5.41) is 16.5. The fourth-order valence-corrected chi connectivity index (χ4v) is 0.748. The van der Waals surface area contributed by atoms with Gasteiger partial charge in [-0.2, -0.15) is 0 Å². The molecule has 0 atom stereocenters. The van der Waals surface area contributed by atoms with Crippen LogP contribution in [0.2, 0.25) is 0 Å². The lowest BCUT2D eigenvalue weighted by atomic mass is 10.2. The molecule has 12 heavy (non-hydrogen) atoms. The molecule has 1 aromatic rings. The van der Waals surface area contributed by atoms with Crippen molar-refractivity contribution in [3.63, 3.8) is 0 Å². The molecule has 5 heteroatoms. The zero-order valence-corrected chi connectivity index (χ0v) is 5.93. The van der Waals surface area contributed by atoms with Crippen molar-refractivity contribution in [2.24, 2.45) is 0 Å². The summed E-state index contributed by atoms with van der Waals surface area (Å²) >= 11 is 0. The van der Waals surface area contributed by atoms with Crippen LogP contribution in [-0.4, -0.2) is 16.8 Å². The lowest BCUT2D eigenvalue weighted by Crippen LogP contribution is -1.92. The quantitative estimate of drug-likeness (QED) is 0.405. The molecule has 0 aromatic heterocycles. The standard InChI is InChI=1S/C7H6O5/c8-4-5-1-2-6(11-9)3-7(5)12-10/h1-4,9-10H. The zero-order valence-electron chi connectivity index (χ0n) is 5.93. The van der Waals surface area contributed by atoms with Crippen LogP contribution in [0.25, 0.3) is 0 Å². The van der Waals surface area contributed by atoms with Crippen LogP contribution in [-0.2, 0) is 0 Å². The molecule has 1 rings (SSSR count). The molecule has 0 fully saturated rings. The van der Waals surface area contributed by atoms with Crippen molar-refractivity contribution in [2.45, 2.75) is 0 Å². The Bertz CT molecular complexity index is 283. The fourth-order valence-electron chi connectivity index (χ4n) is 0.748. The van der Waals surface area contributed by atoms with E-state index in [2.05, 4.69) is 9.78 Å². The SMILES string of the molecule is O=Cc1ccc(OO)cc1OO. The molecule has 0 heterocycles. The summed E-state index contributed by atoms with van der Waals surface area (Å²) in [5.74, 6) is 0.00111. The van der Waals surface area contributed by atoms with Gasteiger partial charge in [-0.25, -0.2) is 10.5 Å². The highest BCUT2D eigenvalue weighted by atomic mass is 17.1. The van der Waals surface area contributed by atoms with E-state index in [1.165, 1.54) is 18.2 Å². The van der Waals surface area contributed by atoms with Gasteiger partial charge < -0.3 is 9.78 Å². The van der Waals surface area contributed by atoms with Crippen LogP contribution in [0, 0.1) is 0 Å². The molecule has 1 aromatic carbocycles. The third-order valence-corrected chi connectivity index (χ3v) is 1.32. The molecule has 5 nitrogen and oxygen atoms in total. The number of benzene rings is 1. The van der Waals surface area contributed by atoms with Crippen LogP contribution in [0.1, 0.15) is 10.4 Å². The van der Waals surface area contributed by atoms with Crippen molar-refractivity contribution in [1.82, 2.24) is 0 Å². The zero-order chi connectivity index (χ0) is 8.97. The van der Waals surface area contributed by atoms with Gasteiger partial charge in [-0.15, -0.1) is 0 Å². The molecule has 0 amide bonds. The van der Waals surface area contributed by atoms with Gasteiger partial charge in [0.1, 0.15) is 0 Å². The van der Waals surface area contributed by atoms with Gasteiger partial charge in [0.2, 0.25) is 0 Å². The lowest BCUT2D eigenvalue weighted by molar-refractivity contribution is -0.144. The number of rotatable bonds is 3. The van der Waals surface area contributed by atoms with Crippen LogP contribution < -0.4 is 9.78 Å². The Labute approximate surface area is 67.6 Å². The number of hydrogen-bond donors (Lipinski definition) is 2. The van der Waals surface area contributed by atoms with Crippen molar-refractivity contribution in [3.05, 3.63) is 23.8 Å².